The summed E-state index contributed by atoms with van der Waals surface area (Å²) in [7, 11) is -3.56. The van der Waals surface area contributed by atoms with Gasteiger partial charge < -0.3 is 4.42 Å². The molecule has 7 nitrogen and oxygen atoms in total. The highest BCUT2D eigenvalue weighted by molar-refractivity contribution is 7.90. The normalized spacial score (nSPS) is 14.7. The summed E-state index contributed by atoms with van der Waals surface area (Å²) in [6, 6.07) is 9.03. The standard InChI is InChI=1S/C19H17Cl2N3O4S/c1-29(26,27)19-22-16-6-7-24(10-13(16)18(25)23-19)9-12-3-5-17(28-12)11-2-4-14(20)15(21)8-11/h2-5,8H,6-7,9-10H2,1H3,(H,22,23,25). The number of hydrogen-bond donors (Lipinski definition) is 1. The number of nitrogens with one attached hydrogen (secondary N) is 1. The zero-order chi connectivity index (χ0) is 20.8. The maximum atomic E-state index is 12.3. The molecule has 1 aliphatic heterocycles. The minimum Gasteiger partial charge on any atom is -0.460 e. The third kappa shape index (κ3) is 4.25. The number of nitrogens with zero attached hydrogens (tertiary/aromatic N) is 2. The van der Waals surface area contributed by atoms with Gasteiger partial charge in [-0.15, -0.1) is 0 Å². The molecule has 0 bridgehead atoms. The number of rotatable bonds is 4. The molecule has 0 atom stereocenters. The monoisotopic (exact) mass is 453 g/mol. The first-order valence-corrected chi connectivity index (χ1v) is 11.4. The average Bonchev–Trinajstić information content (AvgIpc) is 3.12. The van der Waals surface area contributed by atoms with Gasteiger partial charge in [-0.1, -0.05) is 23.2 Å². The number of fused-ring (bicyclic) bond motifs is 1. The van der Waals surface area contributed by atoms with Crippen LogP contribution in [-0.2, 0) is 29.3 Å². The van der Waals surface area contributed by atoms with Gasteiger partial charge in [0.2, 0.25) is 15.0 Å². The van der Waals surface area contributed by atoms with Crippen LogP contribution in [0, 0.1) is 0 Å². The second-order valence-electron chi connectivity index (χ2n) is 6.92. The van der Waals surface area contributed by atoms with E-state index in [2.05, 4.69) is 14.9 Å². The molecule has 3 heterocycles. The van der Waals surface area contributed by atoms with E-state index >= 15 is 0 Å². The fourth-order valence-electron chi connectivity index (χ4n) is 3.26. The largest absolute Gasteiger partial charge is 0.460 e. The third-order valence-corrected chi connectivity index (χ3v) is 6.36. The SMILES string of the molecule is CS(=O)(=O)c1nc2c(c(=O)[nH]1)CN(Cc1ccc(-c3ccc(Cl)c(Cl)c3)o1)CC2. The van der Waals surface area contributed by atoms with Crippen molar-refractivity contribution in [3.05, 3.63) is 67.7 Å². The van der Waals surface area contributed by atoms with E-state index in [4.69, 9.17) is 27.6 Å². The molecule has 0 aliphatic carbocycles. The van der Waals surface area contributed by atoms with Crippen molar-refractivity contribution in [1.29, 1.82) is 0 Å². The van der Waals surface area contributed by atoms with Crippen molar-refractivity contribution in [2.24, 2.45) is 0 Å². The Bertz CT molecular complexity index is 1250. The van der Waals surface area contributed by atoms with Crippen LogP contribution >= 0.6 is 23.2 Å². The van der Waals surface area contributed by atoms with Gasteiger partial charge in [0.25, 0.3) is 5.56 Å². The highest BCUT2D eigenvalue weighted by Crippen LogP contribution is 2.30. The summed E-state index contributed by atoms with van der Waals surface area (Å²) in [6.45, 7) is 1.51. The molecule has 3 aromatic rings. The summed E-state index contributed by atoms with van der Waals surface area (Å²) < 4.78 is 29.3. The summed E-state index contributed by atoms with van der Waals surface area (Å²) in [5, 5.41) is 0.647. The van der Waals surface area contributed by atoms with Crippen LogP contribution in [0.5, 0.6) is 0 Å². The zero-order valence-corrected chi connectivity index (χ0v) is 17.7. The van der Waals surface area contributed by atoms with Crippen LogP contribution < -0.4 is 5.56 Å². The van der Waals surface area contributed by atoms with Crippen LogP contribution in [0.1, 0.15) is 17.0 Å². The molecular weight excluding hydrogens is 437 g/mol. The van der Waals surface area contributed by atoms with Gasteiger partial charge in [-0.05, 0) is 30.3 Å². The van der Waals surface area contributed by atoms with Crippen molar-refractivity contribution >= 4 is 33.0 Å². The molecule has 4 rings (SSSR count). The first-order valence-electron chi connectivity index (χ1n) is 8.79. The molecule has 1 N–H and O–H groups in total. The molecule has 0 saturated heterocycles. The zero-order valence-electron chi connectivity index (χ0n) is 15.4. The van der Waals surface area contributed by atoms with E-state index in [1.165, 1.54) is 0 Å². The Morgan fingerprint density at radius 3 is 2.72 bits per heavy atom. The Kier molecular flexibility index (Phi) is 5.29. The molecule has 10 heteroatoms. The van der Waals surface area contributed by atoms with Crippen molar-refractivity contribution < 1.29 is 12.8 Å². The number of hydrogen-bond acceptors (Lipinski definition) is 6. The number of benzene rings is 1. The highest BCUT2D eigenvalue weighted by Gasteiger charge is 2.24. The number of halogens is 2. The van der Waals surface area contributed by atoms with Crippen LogP contribution in [0.3, 0.4) is 0 Å². The quantitative estimate of drug-likeness (QED) is 0.608. The molecule has 0 saturated carbocycles. The average molecular weight is 454 g/mol. The van der Waals surface area contributed by atoms with Crippen LogP contribution in [0.25, 0.3) is 11.3 Å². The summed E-state index contributed by atoms with van der Waals surface area (Å²) in [4.78, 5) is 20.9. The van der Waals surface area contributed by atoms with Crippen molar-refractivity contribution in [1.82, 2.24) is 14.9 Å². The first-order chi connectivity index (χ1) is 13.7. The van der Waals surface area contributed by atoms with Crippen LogP contribution in [0.15, 0.2) is 44.7 Å². The molecule has 0 radical (unpaired) electrons. The molecule has 0 spiro atoms. The summed E-state index contributed by atoms with van der Waals surface area (Å²) >= 11 is 12.0. The van der Waals surface area contributed by atoms with E-state index < -0.39 is 15.4 Å². The molecule has 1 aromatic carbocycles. The third-order valence-electron chi connectivity index (χ3n) is 4.72. The molecular formula is C19H17Cl2N3O4S. The lowest BCUT2D eigenvalue weighted by Crippen LogP contribution is -2.36. The maximum Gasteiger partial charge on any atom is 0.256 e. The Labute approximate surface area is 177 Å². The van der Waals surface area contributed by atoms with E-state index in [1.54, 1.807) is 12.1 Å². The molecule has 0 amide bonds. The number of aromatic nitrogens is 2. The van der Waals surface area contributed by atoms with Gasteiger partial charge in [0.15, 0.2) is 0 Å². The van der Waals surface area contributed by atoms with Gasteiger partial charge in [0.1, 0.15) is 11.5 Å². The predicted molar refractivity (Wildman–Crippen MR) is 110 cm³/mol. The minimum absolute atomic E-state index is 0.285. The Hall–Kier alpha value is -2.13. The van der Waals surface area contributed by atoms with Crippen molar-refractivity contribution in [2.75, 3.05) is 12.8 Å². The lowest BCUT2D eigenvalue weighted by atomic mass is 10.1. The number of H-pyrrole nitrogens is 1. The fourth-order valence-corrected chi connectivity index (χ4v) is 4.11. The van der Waals surface area contributed by atoms with E-state index in [-0.39, 0.29) is 5.16 Å². The molecule has 29 heavy (non-hydrogen) atoms. The summed E-state index contributed by atoms with van der Waals surface area (Å²) in [5.41, 5.74) is 1.42. The number of furan rings is 1. The second kappa shape index (κ2) is 7.60. The van der Waals surface area contributed by atoms with Gasteiger partial charge in [-0.3, -0.25) is 14.7 Å². The Balaban J connectivity index is 1.52. The predicted octanol–water partition coefficient (Wildman–Crippen LogP) is 3.30. The molecule has 0 fully saturated rings. The summed E-state index contributed by atoms with van der Waals surface area (Å²) in [5.74, 6) is 1.42. The molecule has 0 unspecified atom stereocenters. The van der Waals surface area contributed by atoms with E-state index in [0.29, 0.717) is 53.1 Å². The van der Waals surface area contributed by atoms with Crippen LogP contribution in [0.4, 0.5) is 0 Å². The van der Waals surface area contributed by atoms with E-state index in [1.807, 2.05) is 18.2 Å². The van der Waals surface area contributed by atoms with Crippen LogP contribution in [-0.4, -0.2) is 36.1 Å². The lowest BCUT2D eigenvalue weighted by Gasteiger charge is -2.26. The fraction of sp³-hybridized carbons (Fsp3) is 0.263. The number of sulfone groups is 1. The van der Waals surface area contributed by atoms with Gasteiger partial charge in [0, 0.05) is 31.3 Å². The van der Waals surface area contributed by atoms with Crippen molar-refractivity contribution in [2.45, 2.75) is 24.7 Å². The Morgan fingerprint density at radius 2 is 2.00 bits per heavy atom. The lowest BCUT2D eigenvalue weighted by molar-refractivity contribution is 0.222. The van der Waals surface area contributed by atoms with E-state index in [9.17, 15) is 13.2 Å². The minimum atomic E-state index is -3.56. The molecule has 1 aliphatic rings. The van der Waals surface area contributed by atoms with Crippen molar-refractivity contribution in [3.8, 4) is 11.3 Å². The van der Waals surface area contributed by atoms with Gasteiger partial charge in [-0.25, -0.2) is 13.4 Å². The maximum absolute atomic E-state index is 12.3. The first kappa shape index (κ1) is 20.2. The summed E-state index contributed by atoms with van der Waals surface area (Å²) in [6.07, 6.45) is 1.51. The van der Waals surface area contributed by atoms with Gasteiger partial charge >= 0.3 is 0 Å². The molecule has 2 aromatic heterocycles. The smallest absolute Gasteiger partial charge is 0.256 e. The number of aromatic amines is 1. The molecule has 152 valence electrons. The topological polar surface area (TPSA) is 96.3 Å². The van der Waals surface area contributed by atoms with Crippen LogP contribution in [0.2, 0.25) is 10.0 Å². The van der Waals surface area contributed by atoms with Gasteiger partial charge in [0.05, 0.1) is 27.8 Å². The van der Waals surface area contributed by atoms with Crippen molar-refractivity contribution in [3.63, 3.8) is 0 Å². The van der Waals surface area contributed by atoms with Gasteiger partial charge in [-0.2, -0.15) is 0 Å². The second-order valence-corrected chi connectivity index (χ2v) is 9.67. The van der Waals surface area contributed by atoms with E-state index in [0.717, 1.165) is 17.6 Å². The highest BCUT2D eigenvalue weighted by atomic mass is 35.5. The Morgan fingerprint density at radius 1 is 1.21 bits per heavy atom.